The molecule has 0 saturated carbocycles. The van der Waals surface area contributed by atoms with Crippen LogP contribution in [0.25, 0.3) is 6.08 Å². The van der Waals surface area contributed by atoms with Gasteiger partial charge < -0.3 is 24.3 Å². The van der Waals surface area contributed by atoms with Gasteiger partial charge in [-0.25, -0.2) is 4.79 Å². The van der Waals surface area contributed by atoms with Crippen LogP contribution in [0.2, 0.25) is 5.02 Å². The Morgan fingerprint density at radius 2 is 1.94 bits per heavy atom. The fourth-order valence-corrected chi connectivity index (χ4v) is 2.65. The van der Waals surface area contributed by atoms with Crippen LogP contribution in [0.5, 0.6) is 17.2 Å². The second-order valence-electron chi connectivity index (χ2n) is 6.50. The Bertz CT molecular complexity index is 1050. The molecule has 0 heterocycles. The van der Waals surface area contributed by atoms with E-state index in [9.17, 15) is 14.9 Å². The van der Waals surface area contributed by atoms with E-state index in [0.717, 1.165) is 5.56 Å². The first-order valence-corrected chi connectivity index (χ1v) is 9.92. The number of nitrogens with zero attached hydrogens (tertiary/aromatic N) is 1. The number of benzene rings is 2. The molecule has 0 bridgehead atoms. The Kier molecular flexibility index (Phi) is 9.54. The third-order valence-electron chi connectivity index (χ3n) is 4.17. The molecular formula is C23H23ClN2O6. The van der Waals surface area contributed by atoms with Crippen molar-refractivity contribution in [3.63, 3.8) is 0 Å². The van der Waals surface area contributed by atoms with Crippen LogP contribution in [-0.2, 0) is 14.3 Å². The zero-order valence-corrected chi connectivity index (χ0v) is 18.7. The van der Waals surface area contributed by atoms with Crippen molar-refractivity contribution in [2.24, 2.45) is 0 Å². The highest BCUT2D eigenvalue weighted by Crippen LogP contribution is 2.29. The standard InChI is InChI=1S/C23H23ClN2O6/c1-15-10-18(5-6-19(15)24)31-14-22(27)32-20-7-4-16(12-21(20)30-3)11-17(13-25)23(28)26-8-9-29-2/h4-7,10-12H,8-9,14H2,1-3H3,(H,26,28)/b17-11+. The van der Waals surface area contributed by atoms with Gasteiger partial charge >= 0.3 is 5.97 Å². The first-order chi connectivity index (χ1) is 15.4. The number of nitrogens with one attached hydrogen (secondary N) is 1. The van der Waals surface area contributed by atoms with Crippen LogP contribution in [0.3, 0.4) is 0 Å². The quantitative estimate of drug-likeness (QED) is 0.191. The smallest absolute Gasteiger partial charge is 0.349 e. The van der Waals surface area contributed by atoms with Crippen LogP contribution < -0.4 is 19.5 Å². The molecule has 0 aliphatic heterocycles. The summed E-state index contributed by atoms with van der Waals surface area (Å²) in [7, 11) is 2.93. The molecule has 2 aromatic carbocycles. The molecule has 1 N–H and O–H groups in total. The highest BCUT2D eigenvalue weighted by molar-refractivity contribution is 6.31. The number of carbonyl (C=O) groups is 2. The largest absolute Gasteiger partial charge is 0.493 e. The third-order valence-corrected chi connectivity index (χ3v) is 4.59. The molecule has 0 aromatic heterocycles. The molecule has 0 atom stereocenters. The van der Waals surface area contributed by atoms with Crippen molar-refractivity contribution in [1.29, 1.82) is 5.26 Å². The molecule has 0 aliphatic carbocycles. The number of methoxy groups -OCH3 is 2. The van der Waals surface area contributed by atoms with Crippen LogP contribution in [0.15, 0.2) is 42.0 Å². The summed E-state index contributed by atoms with van der Waals surface area (Å²) in [5.74, 6) is -0.229. The van der Waals surface area contributed by atoms with Gasteiger partial charge in [0.2, 0.25) is 0 Å². The predicted molar refractivity (Wildman–Crippen MR) is 119 cm³/mol. The number of hydrogen-bond donors (Lipinski definition) is 1. The van der Waals surface area contributed by atoms with E-state index in [1.807, 2.05) is 13.0 Å². The number of hydrogen-bond acceptors (Lipinski definition) is 7. The number of nitriles is 1. The fraction of sp³-hybridized carbons (Fsp3) is 0.261. The van der Waals surface area contributed by atoms with Crippen LogP contribution in [0.1, 0.15) is 11.1 Å². The van der Waals surface area contributed by atoms with Gasteiger partial charge in [0.05, 0.1) is 13.7 Å². The Labute approximate surface area is 191 Å². The van der Waals surface area contributed by atoms with E-state index in [1.165, 1.54) is 26.4 Å². The maximum absolute atomic E-state index is 12.2. The second-order valence-corrected chi connectivity index (χ2v) is 6.91. The van der Waals surface area contributed by atoms with E-state index in [0.29, 0.717) is 22.9 Å². The minimum absolute atomic E-state index is 0.0837. The van der Waals surface area contributed by atoms with E-state index in [-0.39, 0.29) is 30.2 Å². The summed E-state index contributed by atoms with van der Waals surface area (Å²) in [5, 5.41) is 12.4. The average molecular weight is 459 g/mol. The molecule has 2 aromatic rings. The number of ether oxygens (including phenoxy) is 4. The molecule has 2 rings (SSSR count). The summed E-state index contributed by atoms with van der Waals surface area (Å²) in [6, 6.07) is 11.6. The molecule has 0 saturated heterocycles. The maximum atomic E-state index is 12.2. The van der Waals surface area contributed by atoms with Gasteiger partial charge in [-0.05, 0) is 54.5 Å². The second kappa shape index (κ2) is 12.3. The van der Waals surface area contributed by atoms with Gasteiger partial charge in [0, 0.05) is 18.7 Å². The van der Waals surface area contributed by atoms with Gasteiger partial charge in [-0.3, -0.25) is 4.79 Å². The lowest BCUT2D eigenvalue weighted by Crippen LogP contribution is -2.27. The van der Waals surface area contributed by atoms with E-state index >= 15 is 0 Å². The zero-order valence-electron chi connectivity index (χ0n) is 17.9. The molecule has 8 nitrogen and oxygen atoms in total. The van der Waals surface area contributed by atoms with Crippen molar-refractivity contribution in [3.8, 4) is 23.3 Å². The Morgan fingerprint density at radius 3 is 2.59 bits per heavy atom. The van der Waals surface area contributed by atoms with Gasteiger partial charge in [-0.1, -0.05) is 17.7 Å². The van der Waals surface area contributed by atoms with E-state index in [1.54, 1.807) is 30.3 Å². The fourth-order valence-electron chi connectivity index (χ4n) is 2.54. The summed E-state index contributed by atoms with van der Waals surface area (Å²) < 4.78 is 20.9. The lowest BCUT2D eigenvalue weighted by molar-refractivity contribution is -0.136. The SMILES string of the molecule is COCCNC(=O)/C(C#N)=C/c1ccc(OC(=O)COc2ccc(Cl)c(C)c2)c(OC)c1. The maximum Gasteiger partial charge on any atom is 0.349 e. The molecule has 0 unspecified atom stereocenters. The average Bonchev–Trinajstić information content (AvgIpc) is 2.79. The van der Waals surface area contributed by atoms with Gasteiger partial charge in [0.1, 0.15) is 17.4 Å². The Morgan fingerprint density at radius 1 is 1.16 bits per heavy atom. The van der Waals surface area contributed by atoms with E-state index in [2.05, 4.69) is 5.32 Å². The van der Waals surface area contributed by atoms with Gasteiger partial charge in [-0.2, -0.15) is 5.26 Å². The molecule has 0 radical (unpaired) electrons. The lowest BCUT2D eigenvalue weighted by Gasteiger charge is -2.11. The normalized spacial score (nSPS) is 10.8. The molecule has 1 amide bonds. The first kappa shape index (κ1) is 24.7. The molecule has 0 fully saturated rings. The highest BCUT2D eigenvalue weighted by atomic mass is 35.5. The number of carbonyl (C=O) groups excluding carboxylic acids is 2. The molecular weight excluding hydrogens is 436 g/mol. The van der Waals surface area contributed by atoms with Crippen LogP contribution >= 0.6 is 11.6 Å². The van der Waals surface area contributed by atoms with Crippen LogP contribution in [0, 0.1) is 18.3 Å². The molecule has 168 valence electrons. The number of aryl methyl sites for hydroxylation is 1. The topological polar surface area (TPSA) is 107 Å². The lowest BCUT2D eigenvalue weighted by atomic mass is 10.1. The summed E-state index contributed by atoms with van der Waals surface area (Å²) >= 11 is 5.97. The third kappa shape index (κ3) is 7.30. The number of amides is 1. The monoisotopic (exact) mass is 458 g/mol. The summed E-state index contributed by atoms with van der Waals surface area (Å²) in [6.45, 7) is 2.13. The molecule has 0 aliphatic rings. The summed E-state index contributed by atoms with van der Waals surface area (Å²) in [6.07, 6.45) is 1.40. The molecule has 0 spiro atoms. The van der Waals surface area contributed by atoms with Crippen LogP contribution in [0.4, 0.5) is 0 Å². The van der Waals surface area contributed by atoms with E-state index in [4.69, 9.17) is 30.5 Å². The van der Waals surface area contributed by atoms with Crippen molar-refractivity contribution >= 4 is 29.6 Å². The number of halogens is 1. The Balaban J connectivity index is 2.05. The van der Waals surface area contributed by atoms with Gasteiger partial charge in [-0.15, -0.1) is 0 Å². The van der Waals surface area contributed by atoms with Crippen molar-refractivity contribution in [3.05, 3.63) is 58.1 Å². The van der Waals surface area contributed by atoms with Crippen molar-refractivity contribution in [2.45, 2.75) is 6.92 Å². The van der Waals surface area contributed by atoms with Crippen molar-refractivity contribution in [2.75, 3.05) is 34.0 Å². The van der Waals surface area contributed by atoms with Gasteiger partial charge in [0.25, 0.3) is 5.91 Å². The first-order valence-electron chi connectivity index (χ1n) is 9.54. The van der Waals surface area contributed by atoms with Gasteiger partial charge in [0.15, 0.2) is 18.1 Å². The predicted octanol–water partition coefficient (Wildman–Crippen LogP) is 3.31. The summed E-state index contributed by atoms with van der Waals surface area (Å²) in [4.78, 5) is 24.3. The number of esters is 1. The minimum atomic E-state index is -0.630. The highest BCUT2D eigenvalue weighted by Gasteiger charge is 2.13. The molecule has 32 heavy (non-hydrogen) atoms. The molecule has 9 heteroatoms. The number of rotatable bonds is 10. The summed E-state index contributed by atoms with van der Waals surface area (Å²) in [5.41, 5.74) is 1.26. The Hall–Kier alpha value is -3.54. The zero-order chi connectivity index (χ0) is 23.5. The van der Waals surface area contributed by atoms with Crippen LogP contribution in [-0.4, -0.2) is 45.9 Å². The minimum Gasteiger partial charge on any atom is -0.493 e. The van der Waals surface area contributed by atoms with E-state index < -0.39 is 11.9 Å². The van der Waals surface area contributed by atoms with Crippen molar-refractivity contribution in [1.82, 2.24) is 5.32 Å². The van der Waals surface area contributed by atoms with Crippen molar-refractivity contribution < 1.29 is 28.5 Å².